The molecule has 0 bridgehead atoms. The number of allylic oxidation sites excluding steroid dienone is 1. The van der Waals surface area contributed by atoms with E-state index < -0.39 is 42.7 Å². The number of nitrogens with one attached hydrogen (secondary N) is 2. The van der Waals surface area contributed by atoms with Crippen molar-refractivity contribution < 1.29 is 35.9 Å². The van der Waals surface area contributed by atoms with Crippen LogP contribution >= 0.6 is 50.7 Å². The second-order valence-electron chi connectivity index (χ2n) is 7.43. The molecule has 14 heteroatoms. The Morgan fingerprint density at radius 3 is 2.08 bits per heavy atom. The zero-order valence-corrected chi connectivity index (χ0v) is 21.9. The molecule has 2 unspecified atom stereocenters. The van der Waals surface area contributed by atoms with Crippen molar-refractivity contribution >= 4 is 68.6 Å². The van der Waals surface area contributed by atoms with Crippen molar-refractivity contribution in [3.05, 3.63) is 72.6 Å². The monoisotopic (exact) mass is 638 g/mol. The Morgan fingerprint density at radius 1 is 1.00 bits per heavy atom. The van der Waals surface area contributed by atoms with E-state index in [4.69, 9.17) is 34.8 Å². The third-order valence-electron chi connectivity index (χ3n) is 4.71. The van der Waals surface area contributed by atoms with Crippen molar-refractivity contribution in [1.82, 2.24) is 10.6 Å². The molecule has 2 N–H and O–H groups in total. The van der Waals surface area contributed by atoms with Gasteiger partial charge in [0.15, 0.2) is 0 Å². The summed E-state index contributed by atoms with van der Waals surface area (Å²) in [6.07, 6.45) is -7.27. The number of halogens is 10. The maximum absolute atomic E-state index is 13.7. The van der Waals surface area contributed by atoms with Crippen LogP contribution in [-0.4, -0.2) is 36.8 Å². The molecule has 2 atom stereocenters. The number of rotatable bonds is 7. The van der Waals surface area contributed by atoms with Crippen LogP contribution in [0.25, 0.3) is 6.08 Å². The van der Waals surface area contributed by atoms with Gasteiger partial charge in [-0.15, -0.1) is 0 Å². The van der Waals surface area contributed by atoms with E-state index in [2.05, 4.69) is 21.2 Å². The number of amides is 2. The fraction of sp³-hybridized carbons (Fsp3) is 0.273. The molecule has 0 aliphatic carbocycles. The van der Waals surface area contributed by atoms with E-state index in [0.29, 0.717) is 0 Å². The highest BCUT2D eigenvalue weighted by Crippen LogP contribution is 2.41. The number of hydrogen-bond donors (Lipinski definition) is 2. The molecule has 2 aromatic rings. The minimum absolute atomic E-state index is 0.00690. The Morgan fingerprint density at radius 2 is 1.58 bits per heavy atom. The van der Waals surface area contributed by atoms with Crippen LogP contribution in [0.5, 0.6) is 0 Å². The lowest BCUT2D eigenvalue weighted by atomic mass is 9.97. The molecule has 36 heavy (non-hydrogen) atoms. The van der Waals surface area contributed by atoms with Gasteiger partial charge in [-0.25, -0.2) is 0 Å². The lowest BCUT2D eigenvalue weighted by molar-refractivity contribution is -0.157. The van der Waals surface area contributed by atoms with Crippen LogP contribution in [0.3, 0.4) is 0 Å². The van der Waals surface area contributed by atoms with E-state index in [1.165, 1.54) is 24.3 Å². The summed E-state index contributed by atoms with van der Waals surface area (Å²) in [5.74, 6) is -3.90. The lowest BCUT2D eigenvalue weighted by Gasteiger charge is -2.18. The van der Waals surface area contributed by atoms with Crippen molar-refractivity contribution in [3.63, 3.8) is 0 Å². The van der Waals surface area contributed by atoms with Gasteiger partial charge in [-0.05, 0) is 58.2 Å². The Labute approximate surface area is 225 Å². The second-order valence-corrected chi connectivity index (χ2v) is 9.48. The first-order valence-corrected chi connectivity index (χ1v) is 11.8. The van der Waals surface area contributed by atoms with Crippen LogP contribution in [-0.2, 0) is 4.79 Å². The van der Waals surface area contributed by atoms with E-state index >= 15 is 0 Å². The van der Waals surface area contributed by atoms with Crippen molar-refractivity contribution in [2.45, 2.75) is 31.2 Å². The van der Waals surface area contributed by atoms with Crippen LogP contribution < -0.4 is 10.6 Å². The zero-order chi connectivity index (χ0) is 27.4. The molecule has 0 saturated carbocycles. The molecule has 0 heterocycles. The summed E-state index contributed by atoms with van der Waals surface area (Å²) in [6, 6.07) is 4.00. The van der Waals surface area contributed by atoms with Gasteiger partial charge in [-0.3, -0.25) is 9.59 Å². The molecule has 0 aliphatic heterocycles. The summed E-state index contributed by atoms with van der Waals surface area (Å²) >= 11 is 20.7. The molecule has 0 aliphatic rings. The quantitative estimate of drug-likeness (QED) is 0.243. The fourth-order valence-corrected chi connectivity index (χ4v) is 4.01. The number of hydrogen-bond acceptors (Lipinski definition) is 2. The van der Waals surface area contributed by atoms with Gasteiger partial charge in [0.2, 0.25) is 5.91 Å². The van der Waals surface area contributed by atoms with Gasteiger partial charge in [0, 0.05) is 4.47 Å². The van der Waals surface area contributed by atoms with Crippen LogP contribution in [0.1, 0.15) is 34.3 Å². The maximum atomic E-state index is 13.7. The molecule has 2 amide bonds. The highest BCUT2D eigenvalue weighted by Gasteiger charge is 2.39. The normalized spacial score (nSPS) is 14.0. The first-order valence-electron chi connectivity index (χ1n) is 9.84. The largest absolute Gasteiger partial charge is 0.408 e. The van der Waals surface area contributed by atoms with Gasteiger partial charge in [0.25, 0.3) is 5.91 Å². The van der Waals surface area contributed by atoms with Gasteiger partial charge in [-0.2, -0.15) is 26.3 Å². The molecule has 0 fully saturated rings. The third kappa shape index (κ3) is 8.29. The zero-order valence-electron chi connectivity index (χ0n) is 18.0. The standard InChI is InChI=1S/C22H16BrCl3F6N2O2/c1-10(21(27,28)29)34-18(35)9-33-20(36)13-4-2-11(6-15(13)23)3-5-14(22(30,31)32)12-7-16(24)19(26)17(25)8-12/h2-8,10,14H,9H2,1H3,(H,33,36)(H,34,35). The first-order chi connectivity index (χ1) is 16.5. The molecule has 4 nitrogen and oxygen atoms in total. The van der Waals surface area contributed by atoms with E-state index in [-0.39, 0.29) is 36.2 Å². The maximum Gasteiger partial charge on any atom is 0.408 e. The average Bonchev–Trinajstić information content (AvgIpc) is 2.74. The molecule has 2 rings (SSSR count). The lowest BCUT2D eigenvalue weighted by Crippen LogP contribution is -2.47. The Hall–Kier alpha value is -1.95. The summed E-state index contributed by atoms with van der Waals surface area (Å²) in [4.78, 5) is 23.9. The number of carbonyl (C=O) groups is 2. The van der Waals surface area contributed by atoms with E-state index in [1.807, 2.05) is 0 Å². The third-order valence-corrected chi connectivity index (χ3v) is 6.57. The molecule has 0 radical (unpaired) electrons. The highest BCUT2D eigenvalue weighted by molar-refractivity contribution is 9.10. The predicted molar refractivity (Wildman–Crippen MR) is 129 cm³/mol. The van der Waals surface area contributed by atoms with Crippen LogP contribution in [0.15, 0.2) is 40.9 Å². The van der Waals surface area contributed by atoms with Gasteiger partial charge in [0.1, 0.15) is 6.04 Å². The smallest absolute Gasteiger partial charge is 0.343 e. The fourth-order valence-electron chi connectivity index (χ4n) is 2.82. The summed E-state index contributed by atoms with van der Waals surface area (Å²) in [6.45, 7) is 0.0365. The van der Waals surface area contributed by atoms with Crippen LogP contribution in [0.4, 0.5) is 26.3 Å². The van der Waals surface area contributed by atoms with Crippen LogP contribution in [0, 0.1) is 0 Å². The number of carbonyl (C=O) groups excluding carboxylic acids is 2. The summed E-state index contributed by atoms with van der Waals surface area (Å²) in [5.41, 5.74) is 0.0642. The molecule has 0 aromatic heterocycles. The molecule has 196 valence electrons. The molecular formula is C22H16BrCl3F6N2O2. The Kier molecular flexibility index (Phi) is 10.1. The molecule has 0 saturated heterocycles. The Balaban J connectivity index is 2.15. The van der Waals surface area contributed by atoms with Gasteiger partial charge in [-0.1, -0.05) is 53.0 Å². The minimum Gasteiger partial charge on any atom is -0.343 e. The van der Waals surface area contributed by atoms with Gasteiger partial charge >= 0.3 is 12.4 Å². The SMILES string of the molecule is CC(NC(=O)CNC(=O)c1ccc(C=CC(c2cc(Cl)c(Cl)c(Cl)c2)C(F)(F)F)cc1Br)C(F)(F)F. The molecular weight excluding hydrogens is 625 g/mol. The van der Waals surface area contributed by atoms with Crippen LogP contribution in [0.2, 0.25) is 15.1 Å². The summed E-state index contributed by atoms with van der Waals surface area (Å²) in [5, 5.41) is 3.52. The van der Waals surface area contributed by atoms with E-state index in [0.717, 1.165) is 25.1 Å². The first kappa shape index (κ1) is 30.3. The topological polar surface area (TPSA) is 58.2 Å². The average molecular weight is 641 g/mol. The van der Waals surface area contributed by atoms with Gasteiger partial charge in [0.05, 0.1) is 33.1 Å². The van der Waals surface area contributed by atoms with E-state index in [9.17, 15) is 35.9 Å². The molecule has 0 spiro atoms. The predicted octanol–water partition coefficient (Wildman–Crippen LogP) is 7.57. The van der Waals surface area contributed by atoms with Crippen molar-refractivity contribution in [3.8, 4) is 0 Å². The minimum atomic E-state index is -4.68. The van der Waals surface area contributed by atoms with E-state index in [1.54, 1.807) is 5.32 Å². The summed E-state index contributed by atoms with van der Waals surface area (Å²) < 4.78 is 78.7. The van der Waals surface area contributed by atoms with Crippen molar-refractivity contribution in [2.75, 3.05) is 6.54 Å². The summed E-state index contributed by atoms with van der Waals surface area (Å²) in [7, 11) is 0. The number of alkyl halides is 6. The Bertz CT molecular complexity index is 1150. The number of benzene rings is 2. The van der Waals surface area contributed by atoms with Crippen molar-refractivity contribution in [2.24, 2.45) is 0 Å². The van der Waals surface area contributed by atoms with Gasteiger partial charge < -0.3 is 10.6 Å². The molecule has 2 aromatic carbocycles. The second kappa shape index (κ2) is 12.1. The van der Waals surface area contributed by atoms with Crippen molar-refractivity contribution in [1.29, 1.82) is 0 Å². The highest BCUT2D eigenvalue weighted by atomic mass is 79.9.